The molecule has 1 aromatic heterocycles. The van der Waals surface area contributed by atoms with Gasteiger partial charge in [-0.2, -0.15) is 5.10 Å². The summed E-state index contributed by atoms with van der Waals surface area (Å²) in [6.45, 7) is 1.88. The topological polar surface area (TPSA) is 85.5 Å². The molecule has 0 radical (unpaired) electrons. The number of amides is 1. The van der Waals surface area contributed by atoms with Crippen LogP contribution in [-0.2, 0) is 0 Å². The van der Waals surface area contributed by atoms with Crippen molar-refractivity contribution in [1.82, 2.24) is 15.5 Å². The normalized spacial score (nSPS) is 11.6. The number of methoxy groups -OCH3 is 3. The number of carbonyl (C=O) groups is 1. The first-order chi connectivity index (χ1) is 14.0. The molecular formula is C21H22BrN3O4. The van der Waals surface area contributed by atoms with E-state index in [-0.39, 0.29) is 11.9 Å². The second-order valence-electron chi connectivity index (χ2n) is 6.33. The van der Waals surface area contributed by atoms with E-state index in [1.807, 2.05) is 43.3 Å². The molecule has 0 spiro atoms. The van der Waals surface area contributed by atoms with Gasteiger partial charge in [0.2, 0.25) is 5.75 Å². The number of rotatable bonds is 7. The lowest BCUT2D eigenvalue weighted by Gasteiger charge is -2.18. The third kappa shape index (κ3) is 4.54. The fourth-order valence-corrected chi connectivity index (χ4v) is 3.18. The van der Waals surface area contributed by atoms with E-state index in [1.165, 1.54) is 0 Å². The zero-order valence-corrected chi connectivity index (χ0v) is 18.2. The van der Waals surface area contributed by atoms with Crippen molar-refractivity contribution in [2.45, 2.75) is 13.0 Å². The highest BCUT2D eigenvalue weighted by atomic mass is 79.9. The molecule has 0 aliphatic carbocycles. The Hall–Kier alpha value is -3.00. The molecule has 0 saturated heterocycles. The molecule has 2 N–H and O–H groups in total. The van der Waals surface area contributed by atoms with Crippen molar-refractivity contribution < 1.29 is 19.0 Å². The molecule has 3 rings (SSSR count). The minimum atomic E-state index is -0.296. The number of H-pyrrole nitrogens is 1. The van der Waals surface area contributed by atoms with Crippen LogP contribution in [0.4, 0.5) is 0 Å². The minimum Gasteiger partial charge on any atom is -0.493 e. The molecule has 0 aliphatic heterocycles. The van der Waals surface area contributed by atoms with Crippen molar-refractivity contribution in [3.05, 3.63) is 58.2 Å². The van der Waals surface area contributed by atoms with E-state index in [2.05, 4.69) is 31.4 Å². The van der Waals surface area contributed by atoms with E-state index in [0.29, 0.717) is 28.6 Å². The summed E-state index contributed by atoms with van der Waals surface area (Å²) in [5, 5.41) is 9.99. The van der Waals surface area contributed by atoms with Crippen LogP contribution in [0.25, 0.3) is 11.3 Å². The summed E-state index contributed by atoms with van der Waals surface area (Å²) in [7, 11) is 4.66. The van der Waals surface area contributed by atoms with Crippen molar-refractivity contribution in [2.24, 2.45) is 0 Å². The maximum atomic E-state index is 12.7. The van der Waals surface area contributed by atoms with Gasteiger partial charge < -0.3 is 19.5 Å². The minimum absolute atomic E-state index is 0.262. The number of ether oxygens (including phenoxy) is 3. The zero-order valence-electron chi connectivity index (χ0n) is 16.6. The van der Waals surface area contributed by atoms with Crippen LogP contribution >= 0.6 is 15.9 Å². The first-order valence-corrected chi connectivity index (χ1v) is 9.68. The molecule has 2 aromatic carbocycles. The van der Waals surface area contributed by atoms with Gasteiger partial charge in [0.25, 0.3) is 5.91 Å². The van der Waals surface area contributed by atoms with Gasteiger partial charge in [-0.1, -0.05) is 28.1 Å². The Labute approximate surface area is 177 Å². The zero-order chi connectivity index (χ0) is 21.0. The first-order valence-electron chi connectivity index (χ1n) is 8.89. The standard InChI is InChI=1S/C21H22BrN3O4/c1-12(14-9-18(27-2)20(29-4)19(10-14)28-3)23-21(26)17-11-16(24-25-17)13-5-7-15(22)8-6-13/h5-12H,1-4H3,(H,23,26)(H,24,25). The SMILES string of the molecule is COc1cc(C(C)NC(=O)c2cc(-c3ccc(Br)cc3)n[nH]2)cc(OC)c1OC. The van der Waals surface area contributed by atoms with Crippen LogP contribution in [0, 0.1) is 0 Å². The van der Waals surface area contributed by atoms with Crippen molar-refractivity contribution in [1.29, 1.82) is 0 Å². The number of carbonyl (C=O) groups excluding carboxylic acids is 1. The fraction of sp³-hybridized carbons (Fsp3) is 0.238. The molecule has 3 aromatic rings. The Morgan fingerprint density at radius 3 is 2.21 bits per heavy atom. The summed E-state index contributed by atoms with van der Waals surface area (Å²) in [6.07, 6.45) is 0. The largest absolute Gasteiger partial charge is 0.493 e. The summed E-state index contributed by atoms with van der Waals surface area (Å²) in [4.78, 5) is 12.7. The van der Waals surface area contributed by atoms with Crippen LogP contribution < -0.4 is 19.5 Å². The Morgan fingerprint density at radius 2 is 1.66 bits per heavy atom. The molecule has 29 heavy (non-hydrogen) atoms. The van der Waals surface area contributed by atoms with Gasteiger partial charge in [-0.15, -0.1) is 0 Å². The third-order valence-electron chi connectivity index (χ3n) is 4.50. The van der Waals surface area contributed by atoms with Crippen molar-refractivity contribution >= 4 is 21.8 Å². The first kappa shape index (κ1) is 20.7. The van der Waals surface area contributed by atoms with E-state index in [0.717, 1.165) is 15.6 Å². The molecule has 0 fully saturated rings. The lowest BCUT2D eigenvalue weighted by Crippen LogP contribution is -2.27. The number of hydrogen-bond acceptors (Lipinski definition) is 5. The fourth-order valence-electron chi connectivity index (χ4n) is 2.92. The molecule has 1 heterocycles. The molecule has 1 atom stereocenters. The molecule has 0 aliphatic rings. The number of nitrogens with zero attached hydrogens (tertiary/aromatic N) is 1. The molecule has 1 amide bonds. The lowest BCUT2D eigenvalue weighted by atomic mass is 10.1. The smallest absolute Gasteiger partial charge is 0.269 e. The van der Waals surface area contributed by atoms with Crippen LogP contribution in [0.5, 0.6) is 17.2 Å². The highest BCUT2D eigenvalue weighted by molar-refractivity contribution is 9.10. The number of nitrogens with one attached hydrogen (secondary N) is 2. The van der Waals surface area contributed by atoms with Crippen molar-refractivity contribution in [3.63, 3.8) is 0 Å². The third-order valence-corrected chi connectivity index (χ3v) is 5.03. The van der Waals surface area contributed by atoms with Crippen LogP contribution in [0.3, 0.4) is 0 Å². The second kappa shape index (κ2) is 9.00. The van der Waals surface area contributed by atoms with Gasteiger partial charge in [-0.3, -0.25) is 9.89 Å². The molecule has 8 heteroatoms. The molecular weight excluding hydrogens is 438 g/mol. The van der Waals surface area contributed by atoms with Gasteiger partial charge in [0, 0.05) is 10.0 Å². The highest BCUT2D eigenvalue weighted by Crippen LogP contribution is 2.39. The van der Waals surface area contributed by atoms with Crippen LogP contribution in [0.15, 0.2) is 46.9 Å². The quantitative estimate of drug-likeness (QED) is 0.548. The predicted octanol–water partition coefficient (Wildman–Crippen LogP) is 4.36. The summed E-state index contributed by atoms with van der Waals surface area (Å²) < 4.78 is 17.1. The Morgan fingerprint density at radius 1 is 1.03 bits per heavy atom. The molecule has 0 bridgehead atoms. The number of halogens is 1. The summed E-state index contributed by atoms with van der Waals surface area (Å²) in [5.41, 5.74) is 2.81. The maximum Gasteiger partial charge on any atom is 0.269 e. The molecule has 1 unspecified atom stereocenters. The van der Waals surface area contributed by atoms with Crippen LogP contribution in [-0.4, -0.2) is 37.4 Å². The van der Waals surface area contributed by atoms with Gasteiger partial charge in [0.15, 0.2) is 11.5 Å². The average Bonchev–Trinajstić information content (AvgIpc) is 3.23. The van der Waals surface area contributed by atoms with Gasteiger partial charge in [-0.05, 0) is 42.8 Å². The predicted molar refractivity (Wildman–Crippen MR) is 114 cm³/mol. The van der Waals surface area contributed by atoms with E-state index < -0.39 is 0 Å². The summed E-state index contributed by atoms with van der Waals surface area (Å²) >= 11 is 3.41. The molecule has 7 nitrogen and oxygen atoms in total. The van der Waals surface area contributed by atoms with Crippen LogP contribution in [0.2, 0.25) is 0 Å². The van der Waals surface area contributed by atoms with E-state index >= 15 is 0 Å². The molecule has 152 valence electrons. The van der Waals surface area contributed by atoms with Gasteiger partial charge >= 0.3 is 0 Å². The number of hydrogen-bond donors (Lipinski definition) is 2. The monoisotopic (exact) mass is 459 g/mol. The van der Waals surface area contributed by atoms with E-state index in [4.69, 9.17) is 14.2 Å². The van der Waals surface area contributed by atoms with Gasteiger partial charge in [-0.25, -0.2) is 0 Å². The number of aromatic amines is 1. The highest BCUT2D eigenvalue weighted by Gasteiger charge is 2.19. The lowest BCUT2D eigenvalue weighted by molar-refractivity contribution is 0.0934. The van der Waals surface area contributed by atoms with Crippen LogP contribution in [0.1, 0.15) is 29.0 Å². The average molecular weight is 460 g/mol. The number of aromatic nitrogens is 2. The van der Waals surface area contributed by atoms with Gasteiger partial charge in [0.05, 0.1) is 33.1 Å². The Bertz CT molecular complexity index is 976. The van der Waals surface area contributed by atoms with Gasteiger partial charge in [0.1, 0.15) is 5.69 Å². The summed E-state index contributed by atoms with van der Waals surface area (Å²) in [5.74, 6) is 1.30. The van der Waals surface area contributed by atoms with Crippen molar-refractivity contribution in [2.75, 3.05) is 21.3 Å². The van der Waals surface area contributed by atoms with E-state index in [1.54, 1.807) is 27.4 Å². The Balaban J connectivity index is 1.78. The summed E-state index contributed by atoms with van der Waals surface area (Å²) in [6, 6.07) is 12.8. The maximum absolute atomic E-state index is 12.7. The number of benzene rings is 2. The molecule has 0 saturated carbocycles. The van der Waals surface area contributed by atoms with E-state index in [9.17, 15) is 4.79 Å². The Kier molecular flexibility index (Phi) is 6.43. The second-order valence-corrected chi connectivity index (χ2v) is 7.24. The van der Waals surface area contributed by atoms with Crippen molar-refractivity contribution in [3.8, 4) is 28.5 Å².